The van der Waals surface area contributed by atoms with Crippen LogP contribution in [0.5, 0.6) is 0 Å². The van der Waals surface area contributed by atoms with Crippen molar-refractivity contribution >= 4 is 40.6 Å². The van der Waals surface area contributed by atoms with Gasteiger partial charge < -0.3 is 10.1 Å². The third-order valence-electron chi connectivity index (χ3n) is 4.54. The number of rotatable bonds is 5. The molecule has 0 aliphatic heterocycles. The molecule has 1 amide bonds. The summed E-state index contributed by atoms with van der Waals surface area (Å²) in [7, 11) is 1.31. The van der Waals surface area contributed by atoms with Gasteiger partial charge in [-0.3, -0.25) is 14.9 Å². The van der Waals surface area contributed by atoms with E-state index >= 15 is 0 Å². The summed E-state index contributed by atoms with van der Waals surface area (Å²) in [5.74, 6) is -0.721. The molecule has 0 radical (unpaired) electrons. The zero-order valence-electron chi connectivity index (χ0n) is 16.1. The van der Waals surface area contributed by atoms with Crippen LogP contribution in [0, 0.1) is 0 Å². The van der Waals surface area contributed by atoms with Crippen LogP contribution in [0.15, 0.2) is 67.0 Å². The average Bonchev–Trinajstić information content (AvgIpc) is 3.20. The molecule has 0 saturated heterocycles. The van der Waals surface area contributed by atoms with Crippen molar-refractivity contribution in [1.82, 2.24) is 15.2 Å². The topological polar surface area (TPSA) is 97.0 Å². The lowest BCUT2D eigenvalue weighted by atomic mass is 10.1. The van der Waals surface area contributed by atoms with E-state index in [0.29, 0.717) is 16.8 Å². The molecular formula is C23H18N4O3. The van der Waals surface area contributed by atoms with Crippen molar-refractivity contribution in [2.75, 3.05) is 12.4 Å². The molecule has 0 aliphatic rings. The second-order valence-electron chi connectivity index (χ2n) is 6.51. The zero-order chi connectivity index (χ0) is 20.9. The Morgan fingerprint density at radius 2 is 1.83 bits per heavy atom. The van der Waals surface area contributed by atoms with Crippen LogP contribution in [0.4, 0.5) is 5.69 Å². The average molecular weight is 398 g/mol. The fourth-order valence-corrected chi connectivity index (χ4v) is 2.97. The summed E-state index contributed by atoms with van der Waals surface area (Å²) in [5, 5.41) is 11.1. The first kappa shape index (κ1) is 19.1. The lowest BCUT2D eigenvalue weighted by Gasteiger charge is -2.06. The first-order chi connectivity index (χ1) is 14.6. The van der Waals surface area contributed by atoms with Gasteiger partial charge in [0.2, 0.25) is 0 Å². The minimum absolute atomic E-state index is 0.276. The second-order valence-corrected chi connectivity index (χ2v) is 6.51. The number of fused-ring (bicyclic) bond motifs is 1. The summed E-state index contributed by atoms with van der Waals surface area (Å²) in [6, 6.07) is 15.6. The molecule has 30 heavy (non-hydrogen) atoms. The van der Waals surface area contributed by atoms with Crippen molar-refractivity contribution in [3.05, 3.63) is 89.4 Å². The second kappa shape index (κ2) is 8.40. The third-order valence-corrected chi connectivity index (χ3v) is 4.54. The first-order valence-corrected chi connectivity index (χ1v) is 9.20. The number of anilines is 1. The number of carbonyl (C=O) groups excluding carboxylic acids is 2. The molecule has 2 aromatic carbocycles. The van der Waals surface area contributed by atoms with Crippen molar-refractivity contribution in [2.45, 2.75) is 0 Å². The molecule has 148 valence electrons. The number of H-pyrrole nitrogens is 1. The number of hydrogen-bond acceptors (Lipinski definition) is 5. The van der Waals surface area contributed by atoms with Crippen LogP contribution in [0.2, 0.25) is 0 Å². The van der Waals surface area contributed by atoms with Crippen molar-refractivity contribution in [3.8, 4) is 0 Å². The minimum Gasteiger partial charge on any atom is -0.465 e. The predicted octanol–water partition coefficient (Wildman–Crippen LogP) is 4.17. The van der Waals surface area contributed by atoms with Gasteiger partial charge >= 0.3 is 5.97 Å². The van der Waals surface area contributed by atoms with E-state index in [9.17, 15) is 9.59 Å². The Morgan fingerprint density at radius 1 is 1.03 bits per heavy atom. The highest BCUT2D eigenvalue weighted by Crippen LogP contribution is 2.23. The Balaban J connectivity index is 1.54. The first-order valence-electron chi connectivity index (χ1n) is 9.20. The van der Waals surface area contributed by atoms with Crippen molar-refractivity contribution < 1.29 is 14.3 Å². The number of aromatic amines is 1. The van der Waals surface area contributed by atoms with Crippen molar-refractivity contribution in [2.24, 2.45) is 0 Å². The molecule has 0 fully saturated rings. The van der Waals surface area contributed by atoms with Gasteiger partial charge in [0.1, 0.15) is 0 Å². The van der Waals surface area contributed by atoms with Crippen LogP contribution < -0.4 is 5.32 Å². The number of carbonyl (C=O) groups is 2. The highest BCUT2D eigenvalue weighted by Gasteiger charge is 2.11. The largest absolute Gasteiger partial charge is 0.465 e. The van der Waals surface area contributed by atoms with E-state index in [1.54, 1.807) is 42.7 Å². The van der Waals surface area contributed by atoms with Gasteiger partial charge in [-0.15, -0.1) is 0 Å². The summed E-state index contributed by atoms with van der Waals surface area (Å²) in [6.45, 7) is 0. The standard InChI is InChI=1S/C23H18N4O3/c1-30-23(29)17-7-5-16(6-8-17)22(28)25-18-9-11-21-19(13-18)20(26-27-21)10-4-15-3-2-12-24-14-15/h2-14H,1H3,(H,25,28)(H,26,27). The summed E-state index contributed by atoms with van der Waals surface area (Å²) in [4.78, 5) is 28.2. The number of benzene rings is 2. The number of amides is 1. The number of aromatic nitrogens is 3. The Labute approximate surface area is 172 Å². The maximum Gasteiger partial charge on any atom is 0.337 e. The van der Waals surface area contributed by atoms with E-state index in [0.717, 1.165) is 22.2 Å². The van der Waals surface area contributed by atoms with Crippen LogP contribution in [0.3, 0.4) is 0 Å². The smallest absolute Gasteiger partial charge is 0.337 e. The van der Waals surface area contributed by atoms with E-state index in [2.05, 4.69) is 25.2 Å². The third kappa shape index (κ3) is 4.10. The van der Waals surface area contributed by atoms with Gasteiger partial charge in [0.25, 0.3) is 5.91 Å². The number of nitrogens with zero attached hydrogens (tertiary/aromatic N) is 2. The number of methoxy groups -OCH3 is 1. The summed E-state index contributed by atoms with van der Waals surface area (Å²) in [5.41, 5.74) is 4.05. The molecule has 4 rings (SSSR count). The normalized spacial score (nSPS) is 11.0. The highest BCUT2D eigenvalue weighted by molar-refractivity contribution is 6.06. The molecule has 4 aromatic rings. The van der Waals surface area contributed by atoms with Gasteiger partial charge in [0, 0.05) is 29.0 Å². The summed E-state index contributed by atoms with van der Waals surface area (Å²) in [6.07, 6.45) is 7.31. The van der Waals surface area contributed by atoms with Crippen LogP contribution in [0.25, 0.3) is 23.1 Å². The summed E-state index contributed by atoms with van der Waals surface area (Å²) >= 11 is 0. The molecule has 2 N–H and O–H groups in total. The van der Waals surface area contributed by atoms with Crippen LogP contribution >= 0.6 is 0 Å². The van der Waals surface area contributed by atoms with Crippen LogP contribution in [0.1, 0.15) is 32.0 Å². The van der Waals surface area contributed by atoms with Gasteiger partial charge in [0.15, 0.2) is 0 Å². The quantitative estimate of drug-likeness (QED) is 0.492. The van der Waals surface area contributed by atoms with Crippen molar-refractivity contribution in [1.29, 1.82) is 0 Å². The van der Waals surface area contributed by atoms with E-state index in [1.807, 2.05) is 36.4 Å². The van der Waals surface area contributed by atoms with Gasteiger partial charge in [0.05, 0.1) is 23.9 Å². The molecule has 7 nitrogen and oxygen atoms in total. The SMILES string of the molecule is COC(=O)c1ccc(C(=O)Nc2ccc3[nH]nc(C=Cc4cccnc4)c3c2)cc1. The van der Waals surface area contributed by atoms with Crippen LogP contribution in [-0.2, 0) is 4.74 Å². The molecule has 2 aromatic heterocycles. The lowest BCUT2D eigenvalue weighted by Crippen LogP contribution is -2.12. The Bertz CT molecular complexity index is 1230. The molecule has 0 aliphatic carbocycles. The van der Waals surface area contributed by atoms with E-state index in [1.165, 1.54) is 7.11 Å². The Hall–Kier alpha value is -4.26. The summed E-state index contributed by atoms with van der Waals surface area (Å²) < 4.78 is 4.67. The van der Waals surface area contributed by atoms with E-state index in [-0.39, 0.29) is 5.91 Å². The fraction of sp³-hybridized carbons (Fsp3) is 0.0435. The fourth-order valence-electron chi connectivity index (χ4n) is 2.97. The lowest BCUT2D eigenvalue weighted by molar-refractivity contribution is 0.0600. The molecule has 7 heteroatoms. The molecule has 0 spiro atoms. The molecule has 0 saturated carbocycles. The number of esters is 1. The molecule has 0 unspecified atom stereocenters. The molecule has 0 atom stereocenters. The predicted molar refractivity (Wildman–Crippen MR) is 115 cm³/mol. The number of nitrogens with one attached hydrogen (secondary N) is 2. The van der Waals surface area contributed by atoms with Crippen molar-refractivity contribution in [3.63, 3.8) is 0 Å². The maximum atomic E-state index is 12.6. The highest BCUT2D eigenvalue weighted by atomic mass is 16.5. The van der Waals surface area contributed by atoms with Gasteiger partial charge in [-0.2, -0.15) is 5.10 Å². The van der Waals surface area contributed by atoms with Crippen LogP contribution in [-0.4, -0.2) is 34.2 Å². The minimum atomic E-state index is -0.445. The number of pyridine rings is 1. The maximum absolute atomic E-state index is 12.6. The van der Waals surface area contributed by atoms with E-state index < -0.39 is 5.97 Å². The van der Waals surface area contributed by atoms with Gasteiger partial charge in [-0.05, 0) is 60.2 Å². The zero-order valence-corrected chi connectivity index (χ0v) is 16.1. The molecular weight excluding hydrogens is 380 g/mol. The van der Waals surface area contributed by atoms with Gasteiger partial charge in [-0.25, -0.2) is 4.79 Å². The van der Waals surface area contributed by atoms with E-state index in [4.69, 9.17) is 0 Å². The molecule has 2 heterocycles. The van der Waals surface area contributed by atoms with Gasteiger partial charge in [-0.1, -0.05) is 12.1 Å². The molecule has 0 bridgehead atoms. The Kier molecular flexibility index (Phi) is 5.34. The Morgan fingerprint density at radius 3 is 2.57 bits per heavy atom. The monoisotopic (exact) mass is 398 g/mol. The number of hydrogen-bond donors (Lipinski definition) is 2. The number of ether oxygens (including phenoxy) is 1.